The third kappa shape index (κ3) is 3.27. The SMILES string of the molecule is CO[Si](CC1CCC(O)C(C)C1)(OC)OC. The summed E-state index contributed by atoms with van der Waals surface area (Å²) in [7, 11) is 2.52. The van der Waals surface area contributed by atoms with Crippen molar-refractivity contribution in [3.63, 3.8) is 0 Å². The molecule has 0 aromatic rings. The summed E-state index contributed by atoms with van der Waals surface area (Å²) in [6.07, 6.45) is 2.82. The topological polar surface area (TPSA) is 47.9 Å². The number of aliphatic hydroxyl groups is 1. The van der Waals surface area contributed by atoms with Crippen LogP contribution in [0.2, 0.25) is 6.04 Å². The number of rotatable bonds is 5. The van der Waals surface area contributed by atoms with Crippen LogP contribution in [0.15, 0.2) is 0 Å². The summed E-state index contributed by atoms with van der Waals surface area (Å²) in [5, 5.41) is 9.68. The quantitative estimate of drug-likeness (QED) is 0.752. The Kier molecular flexibility index (Phi) is 5.40. The van der Waals surface area contributed by atoms with E-state index < -0.39 is 8.80 Å². The molecule has 1 rings (SSSR count). The minimum Gasteiger partial charge on any atom is -0.393 e. The van der Waals surface area contributed by atoms with Crippen LogP contribution in [0.3, 0.4) is 0 Å². The Morgan fingerprint density at radius 1 is 1.12 bits per heavy atom. The molecule has 0 saturated heterocycles. The standard InChI is InChI=1S/C11H24O4Si/c1-9-7-10(5-6-11(9)12)8-16(13-2,14-3)15-4/h9-12H,5-8H2,1-4H3. The Morgan fingerprint density at radius 2 is 1.69 bits per heavy atom. The van der Waals surface area contributed by atoms with Gasteiger partial charge in [0.15, 0.2) is 0 Å². The van der Waals surface area contributed by atoms with Crippen molar-refractivity contribution in [2.24, 2.45) is 11.8 Å². The molecule has 0 spiro atoms. The second-order valence-corrected chi connectivity index (χ2v) is 7.72. The molecule has 16 heavy (non-hydrogen) atoms. The predicted molar refractivity (Wildman–Crippen MR) is 64.1 cm³/mol. The minimum atomic E-state index is -2.44. The van der Waals surface area contributed by atoms with Crippen molar-refractivity contribution in [2.75, 3.05) is 21.3 Å². The smallest absolute Gasteiger partial charge is 0.393 e. The first-order valence-corrected chi connectivity index (χ1v) is 7.83. The monoisotopic (exact) mass is 248 g/mol. The lowest BCUT2D eigenvalue weighted by Crippen LogP contribution is -2.45. The van der Waals surface area contributed by atoms with Crippen LogP contribution < -0.4 is 0 Å². The van der Waals surface area contributed by atoms with E-state index >= 15 is 0 Å². The molecule has 5 heteroatoms. The Morgan fingerprint density at radius 3 is 2.12 bits per heavy atom. The fourth-order valence-electron chi connectivity index (χ4n) is 2.53. The van der Waals surface area contributed by atoms with Gasteiger partial charge in [-0.1, -0.05) is 6.92 Å². The maximum Gasteiger partial charge on any atom is 0.500 e. The van der Waals surface area contributed by atoms with Gasteiger partial charge in [-0.05, 0) is 31.1 Å². The molecule has 0 aromatic heterocycles. The third-order valence-electron chi connectivity index (χ3n) is 3.70. The Bertz CT molecular complexity index is 200. The second-order valence-electron chi connectivity index (χ2n) is 4.72. The van der Waals surface area contributed by atoms with E-state index in [2.05, 4.69) is 6.92 Å². The van der Waals surface area contributed by atoms with Gasteiger partial charge in [0.2, 0.25) is 0 Å². The molecule has 1 fully saturated rings. The predicted octanol–water partition coefficient (Wildman–Crippen LogP) is 1.66. The van der Waals surface area contributed by atoms with Crippen LogP contribution in [-0.4, -0.2) is 41.3 Å². The summed E-state index contributed by atoms with van der Waals surface area (Å²) < 4.78 is 16.3. The van der Waals surface area contributed by atoms with Crippen molar-refractivity contribution in [1.29, 1.82) is 0 Å². The van der Waals surface area contributed by atoms with Gasteiger partial charge in [-0.25, -0.2) is 0 Å². The summed E-state index contributed by atoms with van der Waals surface area (Å²) in [5.41, 5.74) is 0. The first-order valence-electron chi connectivity index (χ1n) is 5.90. The average molecular weight is 248 g/mol. The molecule has 1 saturated carbocycles. The van der Waals surface area contributed by atoms with E-state index in [9.17, 15) is 5.11 Å². The van der Waals surface area contributed by atoms with Crippen molar-refractivity contribution in [1.82, 2.24) is 0 Å². The molecule has 4 nitrogen and oxygen atoms in total. The fraction of sp³-hybridized carbons (Fsp3) is 1.00. The highest BCUT2D eigenvalue weighted by molar-refractivity contribution is 6.60. The van der Waals surface area contributed by atoms with E-state index in [1.165, 1.54) is 0 Å². The van der Waals surface area contributed by atoms with Crippen molar-refractivity contribution in [3.05, 3.63) is 0 Å². The van der Waals surface area contributed by atoms with Crippen LogP contribution in [-0.2, 0) is 13.3 Å². The molecule has 3 atom stereocenters. The summed E-state index contributed by atoms with van der Waals surface area (Å²) in [6, 6.07) is 0.855. The van der Waals surface area contributed by atoms with Gasteiger partial charge in [-0.2, -0.15) is 0 Å². The molecular weight excluding hydrogens is 224 g/mol. The first-order chi connectivity index (χ1) is 7.56. The van der Waals surface area contributed by atoms with Crippen LogP contribution in [0.4, 0.5) is 0 Å². The van der Waals surface area contributed by atoms with Gasteiger partial charge in [-0.3, -0.25) is 0 Å². The zero-order valence-electron chi connectivity index (χ0n) is 10.7. The Hall–Kier alpha value is 0.0569. The molecule has 0 aromatic carbocycles. The second kappa shape index (κ2) is 6.12. The molecule has 0 amide bonds. The number of aliphatic hydroxyl groups excluding tert-OH is 1. The largest absolute Gasteiger partial charge is 0.500 e. The van der Waals surface area contributed by atoms with Gasteiger partial charge in [0.05, 0.1) is 6.10 Å². The van der Waals surface area contributed by atoms with Gasteiger partial charge >= 0.3 is 8.80 Å². The Labute approximate surface area is 99.3 Å². The Balaban J connectivity index is 2.53. The van der Waals surface area contributed by atoms with Crippen molar-refractivity contribution in [2.45, 2.75) is 38.3 Å². The summed E-state index contributed by atoms with van der Waals surface area (Å²) in [6.45, 7) is 2.10. The van der Waals surface area contributed by atoms with Crippen LogP contribution in [0.5, 0.6) is 0 Å². The lowest BCUT2D eigenvalue weighted by Gasteiger charge is -2.34. The molecule has 96 valence electrons. The molecule has 0 aliphatic heterocycles. The van der Waals surface area contributed by atoms with E-state index in [-0.39, 0.29) is 6.10 Å². The van der Waals surface area contributed by atoms with Gasteiger partial charge in [0.1, 0.15) is 0 Å². The lowest BCUT2D eigenvalue weighted by atomic mass is 9.81. The van der Waals surface area contributed by atoms with E-state index in [0.29, 0.717) is 11.8 Å². The summed E-state index contributed by atoms with van der Waals surface area (Å²) in [5.74, 6) is 0.918. The molecule has 0 bridgehead atoms. The van der Waals surface area contributed by atoms with Crippen LogP contribution in [0, 0.1) is 11.8 Å². The van der Waals surface area contributed by atoms with Crippen molar-refractivity contribution in [3.8, 4) is 0 Å². The molecule has 1 aliphatic rings. The zero-order valence-corrected chi connectivity index (χ0v) is 11.7. The molecule has 3 unspecified atom stereocenters. The summed E-state index contributed by atoms with van der Waals surface area (Å²) in [4.78, 5) is 0. The fourth-order valence-corrected chi connectivity index (χ4v) is 4.61. The average Bonchev–Trinajstić information content (AvgIpc) is 2.31. The minimum absolute atomic E-state index is 0.139. The zero-order chi connectivity index (χ0) is 12.2. The van der Waals surface area contributed by atoms with Gasteiger partial charge in [-0.15, -0.1) is 0 Å². The van der Waals surface area contributed by atoms with E-state index in [4.69, 9.17) is 13.3 Å². The first kappa shape index (κ1) is 14.1. The van der Waals surface area contributed by atoms with Gasteiger partial charge < -0.3 is 18.4 Å². The maximum absolute atomic E-state index is 9.68. The normalized spacial score (nSPS) is 31.7. The third-order valence-corrected chi connectivity index (χ3v) is 6.65. The van der Waals surface area contributed by atoms with Crippen molar-refractivity contribution >= 4 is 8.80 Å². The van der Waals surface area contributed by atoms with Crippen LogP contribution in [0.25, 0.3) is 0 Å². The molecule has 0 heterocycles. The van der Waals surface area contributed by atoms with E-state index in [1.807, 2.05) is 0 Å². The molecule has 1 aliphatic carbocycles. The molecule has 1 N–H and O–H groups in total. The lowest BCUT2D eigenvalue weighted by molar-refractivity contribution is 0.0521. The van der Waals surface area contributed by atoms with Gasteiger partial charge in [0, 0.05) is 27.4 Å². The highest BCUT2D eigenvalue weighted by Crippen LogP contribution is 2.34. The molecule has 0 radical (unpaired) electrons. The van der Waals surface area contributed by atoms with E-state index in [0.717, 1.165) is 25.3 Å². The highest BCUT2D eigenvalue weighted by Gasteiger charge is 2.42. The van der Waals surface area contributed by atoms with Crippen LogP contribution in [0.1, 0.15) is 26.2 Å². The van der Waals surface area contributed by atoms with Crippen molar-refractivity contribution < 1.29 is 18.4 Å². The number of hydrogen-bond donors (Lipinski definition) is 1. The van der Waals surface area contributed by atoms with Gasteiger partial charge in [0.25, 0.3) is 0 Å². The molecular formula is C11H24O4Si. The highest BCUT2D eigenvalue weighted by atomic mass is 28.4. The van der Waals surface area contributed by atoms with E-state index in [1.54, 1.807) is 21.3 Å². The number of hydrogen-bond acceptors (Lipinski definition) is 4. The maximum atomic E-state index is 9.68. The van der Waals surface area contributed by atoms with Crippen LogP contribution >= 0.6 is 0 Å². The summed E-state index contributed by atoms with van der Waals surface area (Å²) >= 11 is 0.